The number of hydrogen-bond donors (Lipinski definition) is 1. The van der Waals surface area contributed by atoms with E-state index in [2.05, 4.69) is 86.8 Å². The minimum absolute atomic E-state index is 0.0291. The lowest BCUT2D eigenvalue weighted by atomic mass is 10.0. The molecule has 0 saturated carbocycles. The van der Waals surface area contributed by atoms with Gasteiger partial charge in [0.2, 0.25) is 5.91 Å². The van der Waals surface area contributed by atoms with Gasteiger partial charge in [-0.05, 0) is 76.7 Å². The number of unbranched alkanes of at least 4 members (excludes halogenated alkanes) is 26. The Morgan fingerprint density at radius 2 is 0.901 bits per heavy atom. The van der Waals surface area contributed by atoms with Gasteiger partial charge in [-0.1, -0.05) is 235 Å². The Bertz CT molecular complexity index is 1450. The van der Waals surface area contributed by atoms with Gasteiger partial charge in [-0.15, -0.1) is 0 Å². The third kappa shape index (κ3) is 52.1. The number of likely N-dealkylation sites (N-methyl/N-ethyl adjacent to an activating group) is 1. The first-order chi connectivity index (χ1) is 34.4. The van der Waals surface area contributed by atoms with Gasteiger partial charge in [-0.3, -0.25) is 14.2 Å². The Labute approximate surface area is 438 Å². The van der Waals surface area contributed by atoms with Crippen molar-refractivity contribution in [1.82, 2.24) is 5.32 Å². The number of hydrogen-bond acceptors (Lipinski definition) is 7. The molecule has 3 unspecified atom stereocenters. The van der Waals surface area contributed by atoms with Crippen LogP contribution in [0.3, 0.4) is 0 Å². The number of phosphoric acid groups is 1. The van der Waals surface area contributed by atoms with Crippen LogP contribution >= 0.6 is 7.82 Å². The van der Waals surface area contributed by atoms with Crippen molar-refractivity contribution in [3.05, 3.63) is 72.9 Å². The van der Waals surface area contributed by atoms with Gasteiger partial charge >= 0.3 is 5.97 Å². The van der Waals surface area contributed by atoms with Gasteiger partial charge < -0.3 is 28.5 Å². The van der Waals surface area contributed by atoms with Crippen LogP contribution < -0.4 is 10.2 Å². The molecule has 71 heavy (non-hydrogen) atoms. The zero-order valence-corrected chi connectivity index (χ0v) is 47.8. The van der Waals surface area contributed by atoms with Crippen LogP contribution in [0.15, 0.2) is 72.9 Å². The van der Waals surface area contributed by atoms with Crippen LogP contribution in [0.1, 0.15) is 252 Å². The Morgan fingerprint density at radius 3 is 1.37 bits per heavy atom. The monoisotopic (exact) mass is 1010 g/mol. The molecular formula is C61H111N2O7P. The SMILES string of the molecule is CC/C=C\C/C=C\C/C=C\C/C=C\C/C=C\CCCCCC(=O)OC(/C=C/CCCCCCCCCCCC)C(COP(=O)([O-])OCC[N+](C)(C)C)NC(=O)CCCCCCCCCCCCCCCC. The molecule has 0 aromatic carbocycles. The van der Waals surface area contributed by atoms with Gasteiger partial charge in [0, 0.05) is 12.8 Å². The van der Waals surface area contributed by atoms with Crippen molar-refractivity contribution in [2.24, 2.45) is 0 Å². The molecule has 0 bridgehead atoms. The van der Waals surface area contributed by atoms with Crippen LogP contribution in [0.25, 0.3) is 0 Å². The van der Waals surface area contributed by atoms with E-state index in [1.807, 2.05) is 33.3 Å². The van der Waals surface area contributed by atoms with Crippen molar-refractivity contribution in [2.75, 3.05) is 40.9 Å². The molecule has 9 nitrogen and oxygen atoms in total. The van der Waals surface area contributed by atoms with Crippen molar-refractivity contribution < 1.29 is 37.3 Å². The van der Waals surface area contributed by atoms with E-state index < -0.39 is 26.6 Å². The highest BCUT2D eigenvalue weighted by Crippen LogP contribution is 2.38. The molecule has 0 fully saturated rings. The molecular weight excluding hydrogens is 904 g/mol. The molecule has 0 aromatic rings. The summed E-state index contributed by atoms with van der Waals surface area (Å²) in [7, 11) is 1.16. The Kier molecular flexibility index (Phi) is 49.1. The molecule has 0 spiro atoms. The summed E-state index contributed by atoms with van der Waals surface area (Å²) in [6.45, 7) is 6.70. The Hall–Kier alpha value is -2.55. The fourth-order valence-electron chi connectivity index (χ4n) is 8.14. The first-order valence-corrected chi connectivity index (χ1v) is 30.7. The van der Waals surface area contributed by atoms with Gasteiger partial charge in [0.05, 0.1) is 33.8 Å². The first-order valence-electron chi connectivity index (χ1n) is 29.2. The minimum atomic E-state index is -4.70. The van der Waals surface area contributed by atoms with Crippen molar-refractivity contribution in [3.8, 4) is 0 Å². The zero-order chi connectivity index (χ0) is 52.2. The maximum absolute atomic E-state index is 13.5. The third-order valence-corrected chi connectivity index (χ3v) is 13.6. The van der Waals surface area contributed by atoms with E-state index >= 15 is 0 Å². The Balaban J connectivity index is 5.38. The van der Waals surface area contributed by atoms with Crippen LogP contribution in [-0.4, -0.2) is 69.4 Å². The highest BCUT2D eigenvalue weighted by Gasteiger charge is 2.27. The zero-order valence-electron chi connectivity index (χ0n) is 46.9. The van der Waals surface area contributed by atoms with Gasteiger partial charge in [-0.2, -0.15) is 0 Å². The van der Waals surface area contributed by atoms with Gasteiger partial charge in [0.1, 0.15) is 19.3 Å². The molecule has 1 amide bonds. The summed E-state index contributed by atoms with van der Waals surface area (Å²) < 4.78 is 30.2. The molecule has 0 heterocycles. The normalized spacial score (nSPS) is 14.3. The number of nitrogens with one attached hydrogen (secondary N) is 1. The number of esters is 1. The van der Waals surface area contributed by atoms with Crippen molar-refractivity contribution in [3.63, 3.8) is 0 Å². The number of phosphoric ester groups is 1. The van der Waals surface area contributed by atoms with Crippen LogP contribution in [0.5, 0.6) is 0 Å². The predicted molar refractivity (Wildman–Crippen MR) is 302 cm³/mol. The van der Waals surface area contributed by atoms with E-state index in [1.165, 1.54) is 122 Å². The standard InChI is InChI=1S/C61H111N2O7P/c1-7-10-13-16-19-22-25-28-30-31-32-33-34-36-39-42-45-48-51-54-61(65)70-59(52-49-46-43-40-37-27-24-21-18-15-12-9-3)58(57-69-71(66,67)68-56-55-63(4,5)6)62-60(64)53-50-47-44-41-38-35-29-26-23-20-17-14-11-8-2/h10,13,19,22,28,30,32-33,36,39,49,52,58-59H,7-9,11-12,14-18,20-21,23-27,29,31,34-35,37-38,40-48,50-51,53-57H2,1-6H3,(H-,62,64,66,67)/b13-10-,22-19-,30-28-,33-32-,39-36-,52-49+. The van der Waals surface area contributed by atoms with Crippen LogP contribution in [0, 0.1) is 0 Å². The lowest BCUT2D eigenvalue weighted by molar-refractivity contribution is -0.870. The molecule has 0 rings (SSSR count). The highest BCUT2D eigenvalue weighted by molar-refractivity contribution is 7.45. The molecule has 0 radical (unpaired) electrons. The summed E-state index contributed by atoms with van der Waals surface area (Å²) in [5, 5.41) is 3.01. The summed E-state index contributed by atoms with van der Waals surface area (Å²) >= 11 is 0. The molecule has 1 N–H and O–H groups in total. The summed E-state index contributed by atoms with van der Waals surface area (Å²) in [6.07, 6.45) is 64.3. The smallest absolute Gasteiger partial charge is 0.306 e. The number of nitrogens with zero attached hydrogens (tertiary/aromatic N) is 1. The summed E-state index contributed by atoms with van der Waals surface area (Å²) in [5.74, 6) is -0.576. The number of amides is 1. The lowest BCUT2D eigenvalue weighted by Gasteiger charge is -2.30. The lowest BCUT2D eigenvalue weighted by Crippen LogP contribution is -2.47. The largest absolute Gasteiger partial charge is 0.756 e. The average molecular weight is 1020 g/mol. The van der Waals surface area contributed by atoms with Gasteiger partial charge in [0.15, 0.2) is 0 Å². The number of rotatable bonds is 52. The second-order valence-electron chi connectivity index (χ2n) is 20.8. The second kappa shape index (κ2) is 51.0. The molecule has 0 aromatic heterocycles. The molecule has 0 aliphatic rings. The fourth-order valence-corrected chi connectivity index (χ4v) is 8.86. The number of allylic oxidation sites excluding steroid dienone is 11. The minimum Gasteiger partial charge on any atom is -0.756 e. The molecule has 10 heteroatoms. The van der Waals surface area contributed by atoms with E-state index in [4.69, 9.17) is 13.8 Å². The summed E-state index contributed by atoms with van der Waals surface area (Å²) in [6, 6.07) is -0.901. The molecule has 3 atom stereocenters. The average Bonchev–Trinajstić information content (AvgIpc) is 3.33. The number of carbonyl (C=O) groups is 2. The first kappa shape index (κ1) is 68.5. The van der Waals surface area contributed by atoms with Crippen molar-refractivity contribution >= 4 is 19.7 Å². The van der Waals surface area contributed by atoms with E-state index in [9.17, 15) is 19.0 Å². The van der Waals surface area contributed by atoms with E-state index in [0.29, 0.717) is 23.9 Å². The van der Waals surface area contributed by atoms with Crippen LogP contribution in [0.2, 0.25) is 0 Å². The Morgan fingerprint density at radius 1 is 0.507 bits per heavy atom. The molecule has 0 aliphatic carbocycles. The highest BCUT2D eigenvalue weighted by atomic mass is 31.2. The van der Waals surface area contributed by atoms with Gasteiger partial charge in [0.25, 0.3) is 7.82 Å². The van der Waals surface area contributed by atoms with Crippen molar-refractivity contribution in [2.45, 2.75) is 264 Å². The maximum Gasteiger partial charge on any atom is 0.306 e. The maximum atomic E-state index is 13.5. The van der Waals surface area contributed by atoms with Crippen LogP contribution in [-0.2, 0) is 27.9 Å². The number of quaternary nitrogens is 1. The van der Waals surface area contributed by atoms with E-state index in [0.717, 1.165) is 89.9 Å². The van der Waals surface area contributed by atoms with E-state index in [-0.39, 0.29) is 24.9 Å². The third-order valence-electron chi connectivity index (χ3n) is 12.7. The molecule has 0 saturated heterocycles. The molecule has 0 aliphatic heterocycles. The number of carbonyl (C=O) groups excluding carboxylic acids is 2. The topological polar surface area (TPSA) is 114 Å². The summed E-state index contributed by atoms with van der Waals surface area (Å²) in [4.78, 5) is 39.9. The van der Waals surface area contributed by atoms with E-state index in [1.54, 1.807) is 0 Å². The van der Waals surface area contributed by atoms with Gasteiger partial charge in [-0.25, -0.2) is 0 Å². The second-order valence-corrected chi connectivity index (χ2v) is 22.2. The summed E-state index contributed by atoms with van der Waals surface area (Å²) in [5.41, 5.74) is 0. The number of ether oxygens (including phenoxy) is 1. The van der Waals surface area contributed by atoms with Crippen molar-refractivity contribution in [1.29, 1.82) is 0 Å². The quantitative estimate of drug-likeness (QED) is 0.0212. The predicted octanol–water partition coefficient (Wildman–Crippen LogP) is 17.0. The van der Waals surface area contributed by atoms with Crippen LogP contribution in [0.4, 0.5) is 0 Å². The fraction of sp³-hybridized carbons (Fsp3) is 0.770. The molecule has 412 valence electrons.